The summed E-state index contributed by atoms with van der Waals surface area (Å²) in [6.07, 6.45) is 0. The fraction of sp³-hybridized carbons (Fsp3) is 0.235. The number of fused-ring (bicyclic) bond motifs is 1. The van der Waals surface area contributed by atoms with E-state index in [0.29, 0.717) is 5.69 Å². The maximum Gasteiger partial charge on any atom is 0.239 e. The first-order valence-electron chi connectivity index (χ1n) is 7.34. The van der Waals surface area contributed by atoms with Crippen molar-refractivity contribution < 1.29 is 8.42 Å². The topological polar surface area (TPSA) is 66.1 Å². The number of nitrogens with one attached hydrogen (secondary N) is 1. The van der Waals surface area contributed by atoms with Crippen LogP contribution in [0, 0.1) is 13.8 Å². The first kappa shape index (κ1) is 15.6. The van der Waals surface area contributed by atoms with E-state index >= 15 is 0 Å². The number of H-pyrrole nitrogens is 1. The second-order valence-corrected chi connectivity index (χ2v) is 7.74. The van der Waals surface area contributed by atoms with Crippen LogP contribution >= 0.6 is 0 Å². The number of rotatable bonds is 4. The Kier molecular flexibility index (Phi) is 3.85. The summed E-state index contributed by atoms with van der Waals surface area (Å²) in [5, 5.41) is 0. The van der Waals surface area contributed by atoms with Gasteiger partial charge in [0.05, 0.1) is 22.5 Å². The molecular formula is C17H19N3O2S. The van der Waals surface area contributed by atoms with Gasteiger partial charge in [-0.1, -0.05) is 29.8 Å². The van der Waals surface area contributed by atoms with Crippen molar-refractivity contribution in [3.05, 3.63) is 59.4 Å². The smallest absolute Gasteiger partial charge is 0.239 e. The minimum atomic E-state index is -3.45. The van der Waals surface area contributed by atoms with Crippen LogP contribution in [0.25, 0.3) is 11.0 Å². The Balaban J connectivity index is 1.91. The van der Waals surface area contributed by atoms with Gasteiger partial charge in [-0.3, -0.25) is 4.31 Å². The van der Waals surface area contributed by atoms with Gasteiger partial charge in [0, 0.05) is 7.05 Å². The highest BCUT2D eigenvalue weighted by molar-refractivity contribution is 7.92. The first-order valence-corrected chi connectivity index (χ1v) is 8.94. The lowest BCUT2D eigenvalue weighted by Crippen LogP contribution is -2.27. The molecule has 120 valence electrons. The molecule has 1 N–H and O–H groups in total. The number of aryl methyl sites for hydroxylation is 2. The van der Waals surface area contributed by atoms with Crippen molar-refractivity contribution >= 4 is 26.7 Å². The van der Waals surface area contributed by atoms with Gasteiger partial charge in [0.1, 0.15) is 5.82 Å². The molecule has 2 aromatic carbocycles. The molecule has 6 heteroatoms. The Bertz CT molecular complexity index is 961. The molecule has 0 amide bonds. The molecule has 0 bridgehead atoms. The third-order valence-electron chi connectivity index (χ3n) is 3.80. The van der Waals surface area contributed by atoms with E-state index < -0.39 is 10.0 Å². The SMILES string of the molecule is Cc1cccc(CS(=O)(=O)N(C)c2ccc3nc(C)[nH]c3c2)c1. The third-order valence-corrected chi connectivity index (χ3v) is 5.54. The van der Waals surface area contributed by atoms with Crippen molar-refractivity contribution in [1.82, 2.24) is 9.97 Å². The van der Waals surface area contributed by atoms with E-state index in [2.05, 4.69) is 9.97 Å². The first-order chi connectivity index (χ1) is 10.8. The molecule has 0 spiro atoms. The van der Waals surface area contributed by atoms with Crippen LogP contribution in [-0.2, 0) is 15.8 Å². The highest BCUT2D eigenvalue weighted by Gasteiger charge is 2.19. The second-order valence-electron chi connectivity index (χ2n) is 5.74. The molecule has 0 radical (unpaired) electrons. The maximum absolute atomic E-state index is 12.7. The monoisotopic (exact) mass is 329 g/mol. The Morgan fingerprint density at radius 1 is 1.13 bits per heavy atom. The molecule has 0 aliphatic rings. The van der Waals surface area contributed by atoms with Crippen LogP contribution in [0.2, 0.25) is 0 Å². The van der Waals surface area contributed by atoms with Crippen LogP contribution in [0.3, 0.4) is 0 Å². The summed E-state index contributed by atoms with van der Waals surface area (Å²) >= 11 is 0. The van der Waals surface area contributed by atoms with E-state index in [1.807, 2.05) is 50.2 Å². The van der Waals surface area contributed by atoms with Gasteiger partial charge in [-0.2, -0.15) is 0 Å². The van der Waals surface area contributed by atoms with Crippen LogP contribution in [-0.4, -0.2) is 25.4 Å². The van der Waals surface area contributed by atoms with E-state index in [1.165, 1.54) is 4.31 Å². The fourth-order valence-electron chi connectivity index (χ4n) is 2.59. The predicted molar refractivity (Wildman–Crippen MR) is 93.0 cm³/mol. The number of benzene rings is 2. The minimum Gasteiger partial charge on any atom is -0.342 e. The van der Waals surface area contributed by atoms with Crippen molar-refractivity contribution in [3.8, 4) is 0 Å². The van der Waals surface area contributed by atoms with Crippen LogP contribution < -0.4 is 4.31 Å². The third kappa shape index (κ3) is 3.22. The number of hydrogen-bond acceptors (Lipinski definition) is 3. The van der Waals surface area contributed by atoms with Gasteiger partial charge in [-0.05, 0) is 37.6 Å². The predicted octanol–water partition coefficient (Wildman–Crippen LogP) is 3.15. The average molecular weight is 329 g/mol. The van der Waals surface area contributed by atoms with Gasteiger partial charge in [-0.15, -0.1) is 0 Å². The second kappa shape index (κ2) is 5.70. The number of nitrogens with zero attached hydrogens (tertiary/aromatic N) is 2. The molecule has 0 saturated heterocycles. The molecule has 0 aliphatic carbocycles. The van der Waals surface area contributed by atoms with Gasteiger partial charge in [0.25, 0.3) is 0 Å². The lowest BCUT2D eigenvalue weighted by molar-refractivity contribution is 0.593. The summed E-state index contributed by atoms with van der Waals surface area (Å²) in [4.78, 5) is 7.46. The summed E-state index contributed by atoms with van der Waals surface area (Å²) in [6.45, 7) is 3.83. The minimum absolute atomic E-state index is 0.0226. The lowest BCUT2D eigenvalue weighted by atomic mass is 10.2. The quantitative estimate of drug-likeness (QED) is 0.799. The van der Waals surface area contributed by atoms with E-state index in [-0.39, 0.29) is 5.75 Å². The summed E-state index contributed by atoms with van der Waals surface area (Å²) in [5.74, 6) is 0.785. The van der Waals surface area contributed by atoms with Crippen molar-refractivity contribution in [3.63, 3.8) is 0 Å². The van der Waals surface area contributed by atoms with E-state index in [0.717, 1.165) is 28.0 Å². The van der Waals surface area contributed by atoms with Gasteiger partial charge < -0.3 is 4.98 Å². The van der Waals surface area contributed by atoms with E-state index in [1.54, 1.807) is 13.1 Å². The van der Waals surface area contributed by atoms with Crippen molar-refractivity contribution in [2.75, 3.05) is 11.4 Å². The van der Waals surface area contributed by atoms with Gasteiger partial charge in [0.15, 0.2) is 0 Å². The van der Waals surface area contributed by atoms with Crippen molar-refractivity contribution in [2.45, 2.75) is 19.6 Å². The van der Waals surface area contributed by atoms with Crippen LogP contribution in [0.15, 0.2) is 42.5 Å². The molecule has 3 aromatic rings. The zero-order chi connectivity index (χ0) is 16.6. The number of sulfonamides is 1. The van der Waals surface area contributed by atoms with E-state index in [4.69, 9.17) is 0 Å². The molecule has 23 heavy (non-hydrogen) atoms. The molecule has 1 heterocycles. The fourth-order valence-corrected chi connectivity index (χ4v) is 3.82. The van der Waals surface area contributed by atoms with Crippen LogP contribution in [0.1, 0.15) is 17.0 Å². The highest BCUT2D eigenvalue weighted by Crippen LogP contribution is 2.23. The normalized spacial score (nSPS) is 11.8. The Morgan fingerprint density at radius 3 is 2.65 bits per heavy atom. The highest BCUT2D eigenvalue weighted by atomic mass is 32.2. The van der Waals surface area contributed by atoms with Crippen molar-refractivity contribution in [2.24, 2.45) is 0 Å². The van der Waals surface area contributed by atoms with Crippen LogP contribution in [0.5, 0.6) is 0 Å². The maximum atomic E-state index is 12.7. The molecular weight excluding hydrogens is 310 g/mol. The molecule has 0 atom stereocenters. The number of aromatic nitrogens is 2. The molecule has 5 nitrogen and oxygen atoms in total. The summed E-state index contributed by atoms with van der Waals surface area (Å²) in [5.41, 5.74) is 4.12. The number of anilines is 1. The van der Waals surface area contributed by atoms with Gasteiger partial charge in [-0.25, -0.2) is 13.4 Å². The average Bonchev–Trinajstić information content (AvgIpc) is 2.85. The Hall–Kier alpha value is -2.34. The zero-order valence-corrected chi connectivity index (χ0v) is 14.2. The molecule has 0 unspecified atom stereocenters. The summed E-state index contributed by atoms with van der Waals surface area (Å²) in [6, 6.07) is 13.0. The summed E-state index contributed by atoms with van der Waals surface area (Å²) < 4.78 is 26.6. The molecule has 0 aliphatic heterocycles. The zero-order valence-electron chi connectivity index (χ0n) is 13.4. The standard InChI is InChI=1S/C17H19N3O2S/c1-12-5-4-6-14(9-12)11-23(21,22)20(3)15-7-8-16-17(10-15)19-13(2)18-16/h4-10H,11H2,1-3H3,(H,18,19). The van der Waals surface area contributed by atoms with Gasteiger partial charge >= 0.3 is 0 Å². The number of imidazole rings is 1. The van der Waals surface area contributed by atoms with Gasteiger partial charge in [0.2, 0.25) is 10.0 Å². The molecule has 1 aromatic heterocycles. The van der Waals surface area contributed by atoms with E-state index in [9.17, 15) is 8.42 Å². The molecule has 0 fully saturated rings. The largest absolute Gasteiger partial charge is 0.342 e. The summed E-state index contributed by atoms with van der Waals surface area (Å²) in [7, 11) is -1.87. The Labute approximate surface area is 136 Å². The van der Waals surface area contributed by atoms with Crippen molar-refractivity contribution in [1.29, 1.82) is 0 Å². The molecule has 3 rings (SSSR count). The lowest BCUT2D eigenvalue weighted by Gasteiger charge is -2.19. The molecule has 0 saturated carbocycles. The number of hydrogen-bond donors (Lipinski definition) is 1. The Morgan fingerprint density at radius 2 is 1.91 bits per heavy atom. The van der Waals surface area contributed by atoms with Crippen LogP contribution in [0.4, 0.5) is 5.69 Å². The number of aromatic amines is 1.